The van der Waals surface area contributed by atoms with Gasteiger partial charge in [-0.2, -0.15) is 0 Å². The van der Waals surface area contributed by atoms with Crippen molar-refractivity contribution in [1.29, 1.82) is 0 Å². The summed E-state index contributed by atoms with van der Waals surface area (Å²) in [6, 6.07) is 23.1. The van der Waals surface area contributed by atoms with E-state index in [1.165, 1.54) is 11.1 Å². The molecule has 2 heterocycles. The minimum atomic E-state index is 0.0874. The highest BCUT2D eigenvalue weighted by molar-refractivity contribution is 5.37. The van der Waals surface area contributed by atoms with Gasteiger partial charge in [-0.15, -0.1) is 0 Å². The first-order valence-corrected chi connectivity index (χ1v) is 9.57. The first-order valence-electron chi connectivity index (χ1n) is 9.57. The summed E-state index contributed by atoms with van der Waals surface area (Å²) in [4.78, 5) is 9.16. The summed E-state index contributed by atoms with van der Waals surface area (Å²) in [6.07, 6.45) is 4.62. The van der Waals surface area contributed by atoms with E-state index in [0.29, 0.717) is 0 Å². The Morgan fingerprint density at radius 1 is 0.889 bits per heavy atom. The standard InChI is InChI=1S/C23H25N3O/c1-3-7-19(8-4-1)17-22-24-14-11-21(26-22)25-18-23(12-15-27-16-13-23)20-9-5-2-6-10-20/h1-11,14H,12-13,15-18H2,(H,24,25,26). The number of hydrogen-bond acceptors (Lipinski definition) is 4. The van der Waals surface area contributed by atoms with Crippen molar-refractivity contribution >= 4 is 5.82 Å². The van der Waals surface area contributed by atoms with Crippen molar-refractivity contribution < 1.29 is 4.74 Å². The molecule has 0 spiro atoms. The lowest BCUT2D eigenvalue weighted by Crippen LogP contribution is -2.40. The number of nitrogens with one attached hydrogen (secondary N) is 1. The van der Waals surface area contributed by atoms with E-state index in [1.54, 1.807) is 0 Å². The molecule has 3 aromatic rings. The highest BCUT2D eigenvalue weighted by Gasteiger charge is 2.34. The molecule has 4 heteroatoms. The lowest BCUT2D eigenvalue weighted by molar-refractivity contribution is 0.0543. The molecule has 0 radical (unpaired) electrons. The zero-order chi connectivity index (χ0) is 18.4. The molecule has 0 unspecified atom stereocenters. The van der Waals surface area contributed by atoms with Crippen molar-refractivity contribution in [2.24, 2.45) is 0 Å². The van der Waals surface area contributed by atoms with Crippen molar-refractivity contribution in [1.82, 2.24) is 9.97 Å². The maximum atomic E-state index is 5.63. The minimum Gasteiger partial charge on any atom is -0.381 e. The second kappa shape index (κ2) is 8.31. The van der Waals surface area contributed by atoms with Gasteiger partial charge < -0.3 is 10.1 Å². The monoisotopic (exact) mass is 359 g/mol. The van der Waals surface area contributed by atoms with Gasteiger partial charge in [0.1, 0.15) is 11.6 Å². The Morgan fingerprint density at radius 2 is 1.59 bits per heavy atom. The van der Waals surface area contributed by atoms with Crippen LogP contribution in [0.4, 0.5) is 5.82 Å². The Morgan fingerprint density at radius 3 is 2.33 bits per heavy atom. The fraction of sp³-hybridized carbons (Fsp3) is 0.304. The first-order chi connectivity index (χ1) is 13.3. The summed E-state index contributed by atoms with van der Waals surface area (Å²) < 4.78 is 5.63. The second-order valence-corrected chi connectivity index (χ2v) is 7.13. The summed E-state index contributed by atoms with van der Waals surface area (Å²) in [5, 5.41) is 3.57. The van der Waals surface area contributed by atoms with Crippen LogP contribution in [0.15, 0.2) is 72.9 Å². The zero-order valence-corrected chi connectivity index (χ0v) is 15.5. The van der Waals surface area contributed by atoms with Gasteiger partial charge in [0.15, 0.2) is 0 Å². The van der Waals surface area contributed by atoms with Gasteiger partial charge in [-0.1, -0.05) is 60.7 Å². The number of hydrogen-bond donors (Lipinski definition) is 1. The topological polar surface area (TPSA) is 47.0 Å². The molecule has 1 saturated heterocycles. The highest BCUT2D eigenvalue weighted by Crippen LogP contribution is 2.34. The zero-order valence-electron chi connectivity index (χ0n) is 15.5. The van der Waals surface area contributed by atoms with Crippen molar-refractivity contribution in [3.63, 3.8) is 0 Å². The van der Waals surface area contributed by atoms with Crippen LogP contribution >= 0.6 is 0 Å². The number of rotatable bonds is 6. The van der Waals surface area contributed by atoms with Crippen LogP contribution in [0.2, 0.25) is 0 Å². The maximum absolute atomic E-state index is 5.63. The predicted molar refractivity (Wildman–Crippen MR) is 108 cm³/mol. The Hall–Kier alpha value is -2.72. The van der Waals surface area contributed by atoms with E-state index in [1.807, 2.05) is 30.5 Å². The maximum Gasteiger partial charge on any atom is 0.135 e. The number of aromatic nitrogens is 2. The van der Waals surface area contributed by atoms with Crippen molar-refractivity contribution in [3.8, 4) is 0 Å². The summed E-state index contributed by atoms with van der Waals surface area (Å²) in [5.41, 5.74) is 2.68. The van der Waals surface area contributed by atoms with Crippen molar-refractivity contribution in [2.75, 3.05) is 25.1 Å². The van der Waals surface area contributed by atoms with Crippen LogP contribution in [0.1, 0.15) is 29.8 Å². The lowest BCUT2D eigenvalue weighted by Gasteiger charge is -2.38. The van der Waals surface area contributed by atoms with Crippen LogP contribution in [0.3, 0.4) is 0 Å². The van der Waals surface area contributed by atoms with E-state index < -0.39 is 0 Å². The molecule has 4 rings (SSSR count). The van der Waals surface area contributed by atoms with Gasteiger partial charge in [-0.25, -0.2) is 9.97 Å². The van der Waals surface area contributed by atoms with Gasteiger partial charge in [0.2, 0.25) is 0 Å². The van der Waals surface area contributed by atoms with E-state index >= 15 is 0 Å². The third-order valence-electron chi connectivity index (χ3n) is 5.35. The molecule has 0 saturated carbocycles. The number of benzene rings is 2. The third-order valence-corrected chi connectivity index (χ3v) is 5.35. The van der Waals surface area contributed by atoms with E-state index in [4.69, 9.17) is 9.72 Å². The molecule has 1 aliphatic rings. The fourth-order valence-corrected chi connectivity index (χ4v) is 3.74. The molecule has 1 aromatic heterocycles. The molecular formula is C23H25N3O. The van der Waals surface area contributed by atoms with Crippen LogP contribution in [-0.2, 0) is 16.6 Å². The lowest BCUT2D eigenvalue weighted by atomic mass is 9.74. The number of ether oxygens (including phenoxy) is 1. The third kappa shape index (κ3) is 4.34. The quantitative estimate of drug-likeness (QED) is 0.715. The number of anilines is 1. The Kier molecular flexibility index (Phi) is 5.45. The van der Waals surface area contributed by atoms with E-state index in [9.17, 15) is 0 Å². The SMILES string of the molecule is c1ccc(Cc2nccc(NCC3(c4ccccc4)CCOCC3)n2)cc1. The minimum absolute atomic E-state index is 0.0874. The summed E-state index contributed by atoms with van der Waals surface area (Å²) >= 11 is 0. The van der Waals surface area contributed by atoms with Gasteiger partial charge in [0.05, 0.1) is 0 Å². The van der Waals surface area contributed by atoms with Gasteiger partial charge in [0.25, 0.3) is 0 Å². The van der Waals surface area contributed by atoms with E-state index in [-0.39, 0.29) is 5.41 Å². The largest absolute Gasteiger partial charge is 0.381 e. The van der Waals surface area contributed by atoms with E-state index in [0.717, 1.165) is 50.7 Å². The molecule has 1 aliphatic heterocycles. The molecule has 138 valence electrons. The average Bonchev–Trinajstić information content (AvgIpc) is 2.75. The highest BCUT2D eigenvalue weighted by atomic mass is 16.5. The first kappa shape index (κ1) is 17.7. The van der Waals surface area contributed by atoms with Crippen molar-refractivity contribution in [2.45, 2.75) is 24.7 Å². The molecule has 0 amide bonds. The Labute approximate surface area is 160 Å². The van der Waals surface area contributed by atoms with Crippen LogP contribution in [0, 0.1) is 0 Å². The summed E-state index contributed by atoms with van der Waals surface area (Å²) in [7, 11) is 0. The van der Waals surface area contributed by atoms with Crippen LogP contribution in [0.25, 0.3) is 0 Å². The molecular weight excluding hydrogens is 334 g/mol. The smallest absolute Gasteiger partial charge is 0.135 e. The fourth-order valence-electron chi connectivity index (χ4n) is 3.74. The Balaban J connectivity index is 1.49. The summed E-state index contributed by atoms with van der Waals surface area (Å²) in [6.45, 7) is 2.46. The van der Waals surface area contributed by atoms with Crippen LogP contribution in [0.5, 0.6) is 0 Å². The molecule has 0 aliphatic carbocycles. The molecule has 1 fully saturated rings. The molecule has 0 atom stereocenters. The van der Waals surface area contributed by atoms with E-state index in [2.05, 4.69) is 52.8 Å². The Bertz CT molecular complexity index is 846. The van der Waals surface area contributed by atoms with Crippen molar-refractivity contribution in [3.05, 3.63) is 89.9 Å². The second-order valence-electron chi connectivity index (χ2n) is 7.13. The molecule has 2 aromatic carbocycles. The molecule has 4 nitrogen and oxygen atoms in total. The number of nitrogens with zero attached hydrogens (tertiary/aromatic N) is 2. The van der Waals surface area contributed by atoms with Crippen LogP contribution < -0.4 is 5.32 Å². The summed E-state index contributed by atoms with van der Waals surface area (Å²) in [5.74, 6) is 1.73. The van der Waals surface area contributed by atoms with Gasteiger partial charge >= 0.3 is 0 Å². The van der Waals surface area contributed by atoms with Gasteiger partial charge in [-0.3, -0.25) is 0 Å². The normalized spacial score (nSPS) is 16.0. The van der Waals surface area contributed by atoms with Gasteiger partial charge in [0, 0.05) is 37.8 Å². The van der Waals surface area contributed by atoms with Crippen LogP contribution in [-0.4, -0.2) is 29.7 Å². The molecule has 27 heavy (non-hydrogen) atoms. The molecule has 0 bridgehead atoms. The van der Waals surface area contributed by atoms with Gasteiger partial charge in [-0.05, 0) is 30.0 Å². The predicted octanol–water partition coefficient (Wildman–Crippen LogP) is 4.23. The average molecular weight is 359 g/mol. The molecule has 1 N–H and O–H groups in total.